The molecular weight excluding hydrogens is 452 g/mol. The number of aromatic nitrogens is 3. The molecule has 1 aliphatic heterocycles. The van der Waals surface area contributed by atoms with Gasteiger partial charge in [-0.05, 0) is 63.1 Å². The van der Waals surface area contributed by atoms with E-state index in [4.69, 9.17) is 0 Å². The number of likely N-dealkylation sites (N-methyl/N-ethyl adjacent to an activating group) is 1. The van der Waals surface area contributed by atoms with Crippen molar-refractivity contribution in [3.63, 3.8) is 0 Å². The van der Waals surface area contributed by atoms with Gasteiger partial charge in [-0.3, -0.25) is 9.59 Å². The number of likely N-dealkylation sites (tertiary alicyclic amines) is 1. The van der Waals surface area contributed by atoms with E-state index in [9.17, 15) is 9.59 Å². The average molecular weight is 489 g/mol. The number of para-hydroxylation sites is 1. The highest BCUT2D eigenvalue weighted by atomic mass is 16.2. The Bertz CT molecular complexity index is 1220. The maximum atomic E-state index is 14.0. The summed E-state index contributed by atoms with van der Waals surface area (Å²) < 4.78 is 2.06. The van der Waals surface area contributed by atoms with Gasteiger partial charge in [-0.25, -0.2) is 9.97 Å². The first kappa shape index (κ1) is 24.4. The van der Waals surface area contributed by atoms with Gasteiger partial charge in [-0.2, -0.15) is 0 Å². The predicted octanol–water partition coefficient (Wildman–Crippen LogP) is 3.76. The number of carbonyl (C=O) groups excluding carboxylic acids is 2. The maximum Gasteiger partial charge on any atom is 0.246 e. The van der Waals surface area contributed by atoms with E-state index in [1.165, 1.54) is 6.42 Å². The summed E-state index contributed by atoms with van der Waals surface area (Å²) in [4.78, 5) is 37.9. The molecule has 8 heteroatoms. The van der Waals surface area contributed by atoms with Crippen LogP contribution in [0.2, 0.25) is 0 Å². The largest absolute Gasteiger partial charge is 0.343 e. The van der Waals surface area contributed by atoms with Crippen molar-refractivity contribution in [3.05, 3.63) is 54.6 Å². The molecular formula is C28H36N6O2. The quantitative estimate of drug-likeness (QED) is 0.528. The van der Waals surface area contributed by atoms with Crippen molar-refractivity contribution in [2.75, 3.05) is 13.6 Å². The van der Waals surface area contributed by atoms with Gasteiger partial charge < -0.3 is 20.1 Å². The summed E-state index contributed by atoms with van der Waals surface area (Å²) in [6, 6.07) is 11.3. The number of amides is 2. The average Bonchev–Trinajstić information content (AvgIpc) is 3.59. The Morgan fingerprint density at radius 2 is 1.83 bits per heavy atom. The summed E-state index contributed by atoms with van der Waals surface area (Å²) in [5.74, 6) is 0.863. The lowest BCUT2D eigenvalue weighted by Gasteiger charge is -2.35. The Kier molecular flexibility index (Phi) is 7.32. The summed E-state index contributed by atoms with van der Waals surface area (Å²) in [7, 11) is 1.76. The summed E-state index contributed by atoms with van der Waals surface area (Å²) in [6.07, 6.45) is 10.7. The zero-order valence-corrected chi connectivity index (χ0v) is 21.2. The monoisotopic (exact) mass is 488 g/mol. The number of rotatable bonds is 7. The van der Waals surface area contributed by atoms with E-state index in [0.717, 1.165) is 60.9 Å². The topological polar surface area (TPSA) is 92.2 Å². The van der Waals surface area contributed by atoms with Crippen LogP contribution in [0.4, 0.5) is 0 Å². The molecule has 0 bridgehead atoms. The van der Waals surface area contributed by atoms with Gasteiger partial charge in [0, 0.05) is 18.8 Å². The van der Waals surface area contributed by atoms with Crippen molar-refractivity contribution in [2.45, 2.75) is 70.0 Å². The SMILES string of the molecule is CN[C@@H](C)C(=O)N[C@H](C(=O)N1CCC[C@H]1c1cc(-n2ccc3ccccc32)ncn1)C1CCCCC1. The van der Waals surface area contributed by atoms with Gasteiger partial charge in [-0.1, -0.05) is 37.5 Å². The third-order valence-electron chi connectivity index (χ3n) is 7.91. The molecule has 36 heavy (non-hydrogen) atoms. The second kappa shape index (κ2) is 10.8. The number of nitrogens with one attached hydrogen (secondary N) is 2. The van der Waals surface area contributed by atoms with E-state index >= 15 is 0 Å². The standard InChI is InChI=1S/C28H36N6O2/c1-19(29-2)27(35)32-26(21-10-4-3-5-11-21)28(36)34-15-8-13-24(34)22-17-25(31-18-30-22)33-16-14-20-9-6-7-12-23(20)33/h6-7,9,12,14,16-19,21,24,26,29H,3-5,8,10-11,13,15H2,1-2H3,(H,32,35)/t19-,24-,26-/m0/s1. The molecule has 0 radical (unpaired) electrons. The van der Waals surface area contributed by atoms with E-state index in [1.54, 1.807) is 13.4 Å². The summed E-state index contributed by atoms with van der Waals surface area (Å²) in [5.41, 5.74) is 1.93. The highest BCUT2D eigenvalue weighted by molar-refractivity contribution is 5.90. The van der Waals surface area contributed by atoms with Crippen molar-refractivity contribution in [2.24, 2.45) is 5.92 Å². The molecule has 190 valence electrons. The molecule has 0 unspecified atom stereocenters. The van der Waals surface area contributed by atoms with E-state index < -0.39 is 6.04 Å². The first-order chi connectivity index (χ1) is 17.6. The molecule has 0 spiro atoms. The first-order valence-electron chi connectivity index (χ1n) is 13.2. The minimum absolute atomic E-state index is 0.0210. The fourth-order valence-corrected chi connectivity index (χ4v) is 5.73. The number of benzene rings is 1. The van der Waals surface area contributed by atoms with Gasteiger partial charge >= 0.3 is 0 Å². The minimum atomic E-state index is -0.496. The van der Waals surface area contributed by atoms with E-state index in [1.807, 2.05) is 36.2 Å². The van der Waals surface area contributed by atoms with Gasteiger partial charge in [-0.15, -0.1) is 0 Å². The summed E-state index contributed by atoms with van der Waals surface area (Å²) >= 11 is 0. The van der Waals surface area contributed by atoms with Crippen LogP contribution < -0.4 is 10.6 Å². The third kappa shape index (κ3) is 4.87. The van der Waals surface area contributed by atoms with Crippen molar-refractivity contribution in [3.8, 4) is 5.82 Å². The Balaban J connectivity index is 1.41. The molecule has 3 aromatic rings. The lowest BCUT2D eigenvalue weighted by molar-refractivity contribution is -0.139. The fourth-order valence-electron chi connectivity index (χ4n) is 5.73. The van der Waals surface area contributed by atoms with Crippen LogP contribution >= 0.6 is 0 Å². The highest BCUT2D eigenvalue weighted by Crippen LogP contribution is 2.35. The summed E-state index contributed by atoms with van der Waals surface area (Å²) in [6.45, 7) is 2.50. The van der Waals surface area contributed by atoms with Crippen molar-refractivity contribution in [1.29, 1.82) is 0 Å². The molecule has 2 aliphatic rings. The zero-order valence-electron chi connectivity index (χ0n) is 21.2. The van der Waals surface area contributed by atoms with Crippen LogP contribution in [0.5, 0.6) is 0 Å². The molecule has 3 atom stereocenters. The van der Waals surface area contributed by atoms with Crippen molar-refractivity contribution < 1.29 is 9.59 Å². The Labute approximate surface area is 212 Å². The minimum Gasteiger partial charge on any atom is -0.343 e. The first-order valence-corrected chi connectivity index (χ1v) is 13.2. The molecule has 2 aromatic heterocycles. The molecule has 1 aliphatic carbocycles. The Hall–Kier alpha value is -3.26. The molecule has 2 N–H and O–H groups in total. The summed E-state index contributed by atoms with van der Waals surface area (Å²) in [5, 5.41) is 7.25. The van der Waals surface area contributed by atoms with Crippen LogP contribution in [0.3, 0.4) is 0 Å². The second-order valence-corrected chi connectivity index (χ2v) is 10.1. The molecule has 2 fully saturated rings. The number of carbonyl (C=O) groups is 2. The van der Waals surface area contributed by atoms with Crippen LogP contribution in [-0.2, 0) is 9.59 Å². The number of hydrogen-bond acceptors (Lipinski definition) is 5. The lowest BCUT2D eigenvalue weighted by Crippen LogP contribution is -2.55. The molecule has 1 saturated heterocycles. The lowest BCUT2D eigenvalue weighted by atomic mass is 9.83. The predicted molar refractivity (Wildman–Crippen MR) is 140 cm³/mol. The van der Waals surface area contributed by atoms with E-state index in [2.05, 4.69) is 43.4 Å². The van der Waals surface area contributed by atoms with E-state index in [0.29, 0.717) is 6.54 Å². The third-order valence-corrected chi connectivity index (χ3v) is 7.91. The highest BCUT2D eigenvalue weighted by Gasteiger charge is 2.39. The van der Waals surface area contributed by atoms with Crippen LogP contribution in [0.25, 0.3) is 16.7 Å². The number of hydrogen-bond donors (Lipinski definition) is 2. The van der Waals surface area contributed by atoms with Crippen LogP contribution in [0, 0.1) is 5.92 Å². The molecule has 5 rings (SSSR count). The van der Waals surface area contributed by atoms with E-state index in [-0.39, 0.29) is 29.8 Å². The molecule has 8 nitrogen and oxygen atoms in total. The van der Waals surface area contributed by atoms with Crippen molar-refractivity contribution in [1.82, 2.24) is 30.1 Å². The normalized spacial score (nSPS) is 20.4. The second-order valence-electron chi connectivity index (χ2n) is 10.1. The molecule has 2 amide bonds. The Morgan fingerprint density at radius 3 is 2.64 bits per heavy atom. The number of fused-ring (bicyclic) bond motifs is 1. The smallest absolute Gasteiger partial charge is 0.246 e. The van der Waals surface area contributed by atoms with Gasteiger partial charge in [0.05, 0.1) is 23.3 Å². The molecule has 3 heterocycles. The maximum absolute atomic E-state index is 14.0. The fraction of sp³-hybridized carbons (Fsp3) is 0.500. The van der Waals surface area contributed by atoms with Gasteiger partial charge in [0.15, 0.2) is 0 Å². The molecule has 1 aromatic carbocycles. The van der Waals surface area contributed by atoms with Gasteiger partial charge in [0.1, 0.15) is 18.2 Å². The number of nitrogens with zero attached hydrogens (tertiary/aromatic N) is 4. The van der Waals surface area contributed by atoms with Gasteiger partial charge in [0.2, 0.25) is 11.8 Å². The van der Waals surface area contributed by atoms with Gasteiger partial charge in [0.25, 0.3) is 0 Å². The zero-order chi connectivity index (χ0) is 25.1. The van der Waals surface area contributed by atoms with Crippen LogP contribution in [0.15, 0.2) is 48.9 Å². The van der Waals surface area contributed by atoms with Crippen molar-refractivity contribution >= 4 is 22.7 Å². The molecule has 1 saturated carbocycles. The van der Waals surface area contributed by atoms with Crippen LogP contribution in [-0.4, -0.2) is 56.9 Å². The Morgan fingerprint density at radius 1 is 1.03 bits per heavy atom. The van der Waals surface area contributed by atoms with Crippen LogP contribution in [0.1, 0.15) is 63.6 Å².